The van der Waals surface area contributed by atoms with Crippen LogP contribution >= 0.6 is 0 Å². The number of ether oxygens (including phenoxy) is 1. The van der Waals surface area contributed by atoms with Gasteiger partial charge >= 0.3 is 5.97 Å². The van der Waals surface area contributed by atoms with Crippen molar-refractivity contribution < 1.29 is 9.53 Å². The summed E-state index contributed by atoms with van der Waals surface area (Å²) < 4.78 is 5.28. The molecule has 16 heavy (non-hydrogen) atoms. The molecule has 0 saturated heterocycles. The summed E-state index contributed by atoms with van der Waals surface area (Å²) in [6, 6.07) is 0.326. The maximum absolute atomic E-state index is 11.6. The number of carbonyl (C=O) groups excluding carboxylic acids is 1. The summed E-state index contributed by atoms with van der Waals surface area (Å²) in [6.07, 6.45) is 2.47. The molecule has 94 valence electrons. The van der Waals surface area contributed by atoms with Gasteiger partial charge in [-0.2, -0.15) is 0 Å². The SMILES string of the molecule is CN(CC(=O)OC(C)(C)C)C(CN)C1CC1. The molecule has 0 heterocycles. The van der Waals surface area contributed by atoms with Crippen molar-refractivity contribution in [2.24, 2.45) is 11.7 Å². The topological polar surface area (TPSA) is 55.6 Å². The lowest BCUT2D eigenvalue weighted by Gasteiger charge is -2.27. The monoisotopic (exact) mass is 228 g/mol. The van der Waals surface area contributed by atoms with Crippen molar-refractivity contribution in [3.05, 3.63) is 0 Å². The normalized spacial score (nSPS) is 18.6. The molecule has 1 aliphatic carbocycles. The second-order valence-electron chi connectivity index (χ2n) is 5.64. The van der Waals surface area contributed by atoms with Crippen LogP contribution in [0.15, 0.2) is 0 Å². The minimum atomic E-state index is -0.407. The third-order valence-electron chi connectivity index (χ3n) is 2.77. The fourth-order valence-corrected chi connectivity index (χ4v) is 1.91. The highest BCUT2D eigenvalue weighted by Gasteiger charge is 2.33. The van der Waals surface area contributed by atoms with Gasteiger partial charge in [0.05, 0.1) is 6.54 Å². The van der Waals surface area contributed by atoms with Crippen LogP contribution in [0.1, 0.15) is 33.6 Å². The summed E-state index contributed by atoms with van der Waals surface area (Å²) in [5.41, 5.74) is 5.32. The van der Waals surface area contributed by atoms with Gasteiger partial charge in [0.1, 0.15) is 5.60 Å². The van der Waals surface area contributed by atoms with Gasteiger partial charge in [0.25, 0.3) is 0 Å². The molecule has 4 nitrogen and oxygen atoms in total. The lowest BCUT2D eigenvalue weighted by atomic mass is 10.1. The molecule has 0 aromatic rings. The smallest absolute Gasteiger partial charge is 0.320 e. The van der Waals surface area contributed by atoms with E-state index in [-0.39, 0.29) is 5.97 Å². The zero-order chi connectivity index (χ0) is 12.3. The number of carbonyl (C=O) groups is 1. The maximum Gasteiger partial charge on any atom is 0.320 e. The van der Waals surface area contributed by atoms with E-state index in [2.05, 4.69) is 0 Å². The third-order valence-corrected chi connectivity index (χ3v) is 2.77. The molecular formula is C12H24N2O2. The molecule has 0 aromatic carbocycles. The first-order valence-electron chi connectivity index (χ1n) is 5.95. The van der Waals surface area contributed by atoms with Gasteiger partial charge in [-0.3, -0.25) is 9.69 Å². The molecule has 4 heteroatoms. The molecule has 0 spiro atoms. The molecule has 2 N–H and O–H groups in total. The fourth-order valence-electron chi connectivity index (χ4n) is 1.91. The van der Waals surface area contributed by atoms with Gasteiger partial charge < -0.3 is 10.5 Å². The van der Waals surface area contributed by atoms with E-state index in [0.717, 1.165) is 0 Å². The molecule has 0 radical (unpaired) electrons. The van der Waals surface area contributed by atoms with E-state index >= 15 is 0 Å². The van der Waals surface area contributed by atoms with Crippen LogP contribution in [0.25, 0.3) is 0 Å². The molecule has 1 unspecified atom stereocenters. The summed E-state index contributed by atoms with van der Waals surface area (Å²) in [6.45, 7) is 6.59. The lowest BCUT2D eigenvalue weighted by Crippen LogP contribution is -2.43. The van der Waals surface area contributed by atoms with Gasteiger partial charge in [-0.05, 0) is 46.6 Å². The Hall–Kier alpha value is -0.610. The van der Waals surface area contributed by atoms with Crippen molar-refractivity contribution in [2.45, 2.75) is 45.3 Å². The first-order valence-corrected chi connectivity index (χ1v) is 5.95. The van der Waals surface area contributed by atoms with Gasteiger partial charge in [0.2, 0.25) is 0 Å². The summed E-state index contributed by atoms with van der Waals surface area (Å²) in [5.74, 6) is 0.506. The molecule has 0 aromatic heterocycles. The van der Waals surface area contributed by atoms with E-state index in [1.54, 1.807) is 0 Å². The van der Waals surface area contributed by atoms with Crippen molar-refractivity contribution >= 4 is 5.97 Å². The Morgan fingerprint density at radius 1 is 1.50 bits per heavy atom. The Labute approximate surface area is 98.1 Å². The number of hydrogen-bond acceptors (Lipinski definition) is 4. The van der Waals surface area contributed by atoms with E-state index in [0.29, 0.717) is 25.0 Å². The van der Waals surface area contributed by atoms with Crippen molar-refractivity contribution in [1.82, 2.24) is 4.90 Å². The number of rotatable bonds is 5. The third kappa shape index (κ3) is 4.49. The molecule has 1 atom stereocenters. The van der Waals surface area contributed by atoms with E-state index in [1.807, 2.05) is 32.7 Å². The van der Waals surface area contributed by atoms with Crippen LogP contribution in [0, 0.1) is 5.92 Å². The van der Waals surface area contributed by atoms with Crippen LogP contribution in [0.5, 0.6) is 0 Å². The molecule has 1 fully saturated rings. The van der Waals surface area contributed by atoms with Gasteiger partial charge in [-0.15, -0.1) is 0 Å². The minimum Gasteiger partial charge on any atom is -0.459 e. The Morgan fingerprint density at radius 3 is 2.44 bits per heavy atom. The van der Waals surface area contributed by atoms with Crippen molar-refractivity contribution in [1.29, 1.82) is 0 Å². The first-order chi connectivity index (χ1) is 7.33. The Balaban J connectivity index is 2.37. The molecule has 0 amide bonds. The molecule has 1 aliphatic rings. The average Bonchev–Trinajstić information content (AvgIpc) is 2.85. The molecule has 1 rings (SSSR count). The van der Waals surface area contributed by atoms with Gasteiger partial charge in [-0.25, -0.2) is 0 Å². The summed E-state index contributed by atoms with van der Waals surface area (Å²) in [5, 5.41) is 0. The van der Waals surface area contributed by atoms with Crippen LogP contribution in [0.3, 0.4) is 0 Å². The van der Waals surface area contributed by atoms with Crippen LogP contribution < -0.4 is 5.73 Å². The Kier molecular flexibility index (Phi) is 4.33. The number of esters is 1. The van der Waals surface area contributed by atoms with Gasteiger partial charge in [-0.1, -0.05) is 0 Å². The average molecular weight is 228 g/mol. The predicted molar refractivity (Wildman–Crippen MR) is 64.0 cm³/mol. The summed E-state index contributed by atoms with van der Waals surface area (Å²) >= 11 is 0. The van der Waals surface area contributed by atoms with Gasteiger partial charge in [0.15, 0.2) is 0 Å². The molecule has 0 bridgehead atoms. The second kappa shape index (κ2) is 5.15. The van der Waals surface area contributed by atoms with E-state index in [1.165, 1.54) is 12.8 Å². The van der Waals surface area contributed by atoms with E-state index in [9.17, 15) is 4.79 Å². The van der Waals surface area contributed by atoms with Crippen molar-refractivity contribution in [2.75, 3.05) is 20.1 Å². The van der Waals surface area contributed by atoms with Crippen molar-refractivity contribution in [3.63, 3.8) is 0 Å². The van der Waals surface area contributed by atoms with E-state index < -0.39 is 5.60 Å². The highest BCUT2D eigenvalue weighted by atomic mass is 16.6. The Bertz CT molecular complexity index is 244. The zero-order valence-corrected chi connectivity index (χ0v) is 10.8. The number of nitrogens with zero attached hydrogens (tertiary/aromatic N) is 1. The number of likely N-dealkylation sites (N-methyl/N-ethyl adjacent to an activating group) is 1. The number of hydrogen-bond donors (Lipinski definition) is 1. The largest absolute Gasteiger partial charge is 0.459 e. The van der Waals surface area contributed by atoms with Crippen LogP contribution in [0.2, 0.25) is 0 Å². The van der Waals surface area contributed by atoms with Crippen LogP contribution in [-0.2, 0) is 9.53 Å². The summed E-state index contributed by atoms with van der Waals surface area (Å²) in [4.78, 5) is 13.6. The second-order valence-corrected chi connectivity index (χ2v) is 5.64. The highest BCUT2D eigenvalue weighted by molar-refractivity contribution is 5.72. The predicted octanol–water partition coefficient (Wildman–Crippen LogP) is 0.997. The number of nitrogens with two attached hydrogens (primary N) is 1. The molecular weight excluding hydrogens is 204 g/mol. The highest BCUT2D eigenvalue weighted by Crippen LogP contribution is 2.34. The fraction of sp³-hybridized carbons (Fsp3) is 0.917. The van der Waals surface area contributed by atoms with Crippen molar-refractivity contribution in [3.8, 4) is 0 Å². The lowest BCUT2D eigenvalue weighted by molar-refractivity contribution is -0.156. The van der Waals surface area contributed by atoms with E-state index in [4.69, 9.17) is 10.5 Å². The van der Waals surface area contributed by atoms with Crippen LogP contribution in [-0.4, -0.2) is 42.6 Å². The van der Waals surface area contributed by atoms with Gasteiger partial charge in [0, 0.05) is 12.6 Å². The van der Waals surface area contributed by atoms with Crippen LogP contribution in [0.4, 0.5) is 0 Å². The minimum absolute atomic E-state index is 0.172. The first kappa shape index (κ1) is 13.5. The Morgan fingerprint density at radius 2 is 2.06 bits per heavy atom. The summed E-state index contributed by atoms with van der Waals surface area (Å²) in [7, 11) is 1.94. The quantitative estimate of drug-likeness (QED) is 0.713. The zero-order valence-electron chi connectivity index (χ0n) is 10.8. The standard InChI is InChI=1S/C12H24N2O2/c1-12(2,3)16-11(15)8-14(4)10(7-13)9-5-6-9/h9-10H,5-8,13H2,1-4H3. The molecule has 1 saturated carbocycles. The maximum atomic E-state index is 11.6. The molecule has 0 aliphatic heterocycles.